The highest BCUT2D eigenvalue weighted by atomic mass is 16.3. The van der Waals surface area contributed by atoms with Crippen LogP contribution in [0, 0.1) is 5.92 Å². The van der Waals surface area contributed by atoms with Gasteiger partial charge in [0.1, 0.15) is 6.29 Å². The minimum atomic E-state index is -0.809. The van der Waals surface area contributed by atoms with Gasteiger partial charge in [-0.1, -0.05) is 20.3 Å². The normalized spacial score (nSPS) is 19.6. The molecule has 2 atom stereocenters. The molecule has 2 nitrogen and oxygen atoms in total. The first-order chi connectivity index (χ1) is 4.54. The van der Waals surface area contributed by atoms with E-state index in [-0.39, 0.29) is 12.3 Å². The molecular formula is C8H16O2. The van der Waals surface area contributed by atoms with Gasteiger partial charge in [-0.05, 0) is 12.8 Å². The molecule has 0 aromatic heterocycles. The molecule has 0 aliphatic rings. The number of hydrogen-bond acceptors (Lipinski definition) is 2. The Balaban J connectivity index is 3.94. The number of carbonyl (C=O) groups excluding carboxylic acids is 1. The second-order valence-corrected chi connectivity index (χ2v) is 3.04. The lowest BCUT2D eigenvalue weighted by atomic mass is 9.86. The molecule has 0 heterocycles. The molecule has 0 rings (SSSR count). The van der Waals surface area contributed by atoms with Crippen molar-refractivity contribution in [3.05, 3.63) is 0 Å². The Kier molecular flexibility index (Phi) is 3.58. The lowest BCUT2D eigenvalue weighted by Gasteiger charge is -2.27. The molecule has 0 fully saturated rings. The van der Waals surface area contributed by atoms with Crippen molar-refractivity contribution < 1.29 is 9.90 Å². The Bertz CT molecular complexity index is 108. The molecule has 60 valence electrons. The zero-order chi connectivity index (χ0) is 8.20. The predicted octanol–water partition coefficient (Wildman–Crippen LogP) is 1.37. The van der Waals surface area contributed by atoms with Crippen LogP contribution >= 0.6 is 0 Å². The Hall–Kier alpha value is -0.370. The molecule has 0 spiro atoms. The summed E-state index contributed by atoms with van der Waals surface area (Å²) in [6.07, 6.45) is 1.91. The van der Waals surface area contributed by atoms with Crippen LogP contribution in [0.1, 0.15) is 33.6 Å². The number of aldehydes is 1. The number of hydrogen-bond donors (Lipinski definition) is 1. The molecule has 10 heavy (non-hydrogen) atoms. The van der Waals surface area contributed by atoms with Gasteiger partial charge in [-0.3, -0.25) is 0 Å². The van der Waals surface area contributed by atoms with E-state index >= 15 is 0 Å². The largest absolute Gasteiger partial charge is 0.389 e. The molecule has 0 saturated carbocycles. The van der Waals surface area contributed by atoms with E-state index in [9.17, 15) is 9.90 Å². The summed E-state index contributed by atoms with van der Waals surface area (Å²) in [5.74, 6) is 0.192. The molecule has 0 aromatic carbocycles. The third-order valence-corrected chi connectivity index (χ3v) is 2.17. The third-order valence-electron chi connectivity index (χ3n) is 2.17. The van der Waals surface area contributed by atoms with E-state index in [2.05, 4.69) is 0 Å². The average molecular weight is 144 g/mol. The van der Waals surface area contributed by atoms with Crippen molar-refractivity contribution in [3.8, 4) is 0 Å². The fourth-order valence-corrected chi connectivity index (χ4v) is 0.810. The molecule has 0 aromatic rings. The first kappa shape index (κ1) is 9.63. The van der Waals surface area contributed by atoms with Crippen LogP contribution in [0.2, 0.25) is 0 Å². The predicted molar refractivity (Wildman–Crippen MR) is 40.8 cm³/mol. The molecule has 0 radical (unpaired) electrons. The third kappa shape index (κ3) is 2.48. The van der Waals surface area contributed by atoms with Crippen LogP contribution in [0.5, 0.6) is 0 Å². The van der Waals surface area contributed by atoms with Gasteiger partial charge in [0.2, 0.25) is 0 Å². The quantitative estimate of drug-likeness (QED) is 0.605. The van der Waals surface area contributed by atoms with Crippen molar-refractivity contribution >= 4 is 6.29 Å². The molecule has 2 heteroatoms. The SMILES string of the molecule is CCC(C)C(C)(O)CC=O. The van der Waals surface area contributed by atoms with E-state index < -0.39 is 5.60 Å². The van der Waals surface area contributed by atoms with Gasteiger partial charge >= 0.3 is 0 Å². The van der Waals surface area contributed by atoms with E-state index in [0.717, 1.165) is 12.7 Å². The number of rotatable bonds is 4. The summed E-state index contributed by atoms with van der Waals surface area (Å²) in [4.78, 5) is 10.1. The number of carbonyl (C=O) groups is 1. The second kappa shape index (κ2) is 3.71. The van der Waals surface area contributed by atoms with Gasteiger partial charge in [-0.25, -0.2) is 0 Å². The Morgan fingerprint density at radius 3 is 2.50 bits per heavy atom. The minimum Gasteiger partial charge on any atom is -0.389 e. The highest BCUT2D eigenvalue weighted by molar-refractivity contribution is 5.51. The van der Waals surface area contributed by atoms with Gasteiger partial charge in [-0.2, -0.15) is 0 Å². The van der Waals surface area contributed by atoms with Crippen molar-refractivity contribution in [2.45, 2.75) is 39.2 Å². The van der Waals surface area contributed by atoms with Crippen LogP contribution in [0.3, 0.4) is 0 Å². The summed E-state index contributed by atoms with van der Waals surface area (Å²) < 4.78 is 0. The lowest BCUT2D eigenvalue weighted by molar-refractivity contribution is -0.113. The second-order valence-electron chi connectivity index (χ2n) is 3.04. The van der Waals surface area contributed by atoms with Crippen LogP contribution in [-0.4, -0.2) is 17.0 Å². The van der Waals surface area contributed by atoms with Crippen LogP contribution in [0.4, 0.5) is 0 Å². The van der Waals surface area contributed by atoms with Crippen molar-refractivity contribution in [1.82, 2.24) is 0 Å². The van der Waals surface area contributed by atoms with Crippen LogP contribution < -0.4 is 0 Å². The molecule has 0 saturated heterocycles. The fraction of sp³-hybridized carbons (Fsp3) is 0.875. The Labute approximate surface area is 62.2 Å². The summed E-state index contributed by atoms with van der Waals surface area (Å²) in [6, 6.07) is 0. The Morgan fingerprint density at radius 1 is 1.70 bits per heavy atom. The smallest absolute Gasteiger partial charge is 0.122 e. The van der Waals surface area contributed by atoms with Crippen molar-refractivity contribution in [2.75, 3.05) is 0 Å². The maximum absolute atomic E-state index is 10.1. The first-order valence-electron chi connectivity index (χ1n) is 3.70. The van der Waals surface area contributed by atoms with Gasteiger partial charge in [0.25, 0.3) is 0 Å². The summed E-state index contributed by atoms with van der Waals surface area (Å²) >= 11 is 0. The Morgan fingerprint density at radius 2 is 2.20 bits per heavy atom. The minimum absolute atomic E-state index is 0.192. The monoisotopic (exact) mass is 144 g/mol. The topological polar surface area (TPSA) is 37.3 Å². The molecule has 1 N–H and O–H groups in total. The van der Waals surface area contributed by atoms with Crippen molar-refractivity contribution in [1.29, 1.82) is 0 Å². The fourth-order valence-electron chi connectivity index (χ4n) is 0.810. The van der Waals surface area contributed by atoms with Gasteiger partial charge < -0.3 is 9.90 Å². The zero-order valence-electron chi connectivity index (χ0n) is 6.92. The highest BCUT2D eigenvalue weighted by Crippen LogP contribution is 2.21. The number of aliphatic hydroxyl groups is 1. The van der Waals surface area contributed by atoms with E-state index in [4.69, 9.17) is 0 Å². The standard InChI is InChI=1S/C8H16O2/c1-4-7(2)8(3,10)5-6-9/h6-7,10H,4-5H2,1-3H3. The maximum atomic E-state index is 10.1. The van der Waals surface area contributed by atoms with Crippen LogP contribution in [0.25, 0.3) is 0 Å². The van der Waals surface area contributed by atoms with E-state index in [1.165, 1.54) is 0 Å². The summed E-state index contributed by atoms with van der Waals surface area (Å²) in [7, 11) is 0. The van der Waals surface area contributed by atoms with Crippen LogP contribution in [-0.2, 0) is 4.79 Å². The molecule has 0 aliphatic heterocycles. The van der Waals surface area contributed by atoms with Crippen molar-refractivity contribution in [2.24, 2.45) is 5.92 Å². The molecular weight excluding hydrogens is 128 g/mol. The van der Waals surface area contributed by atoms with E-state index in [1.54, 1.807) is 6.92 Å². The van der Waals surface area contributed by atoms with Gasteiger partial charge in [-0.15, -0.1) is 0 Å². The van der Waals surface area contributed by atoms with Crippen molar-refractivity contribution in [3.63, 3.8) is 0 Å². The molecule has 0 bridgehead atoms. The van der Waals surface area contributed by atoms with E-state index in [1.807, 2.05) is 13.8 Å². The summed E-state index contributed by atoms with van der Waals surface area (Å²) in [5, 5.41) is 9.55. The lowest BCUT2D eigenvalue weighted by Crippen LogP contribution is -2.32. The van der Waals surface area contributed by atoms with E-state index in [0.29, 0.717) is 0 Å². The zero-order valence-corrected chi connectivity index (χ0v) is 6.92. The average Bonchev–Trinajstić information content (AvgIpc) is 1.86. The van der Waals surface area contributed by atoms with Gasteiger partial charge in [0.05, 0.1) is 5.60 Å². The highest BCUT2D eigenvalue weighted by Gasteiger charge is 2.25. The molecule has 0 amide bonds. The molecule has 2 unspecified atom stereocenters. The van der Waals surface area contributed by atoms with Gasteiger partial charge in [0, 0.05) is 6.42 Å². The van der Waals surface area contributed by atoms with Gasteiger partial charge in [0.15, 0.2) is 0 Å². The maximum Gasteiger partial charge on any atom is 0.122 e. The molecule has 0 aliphatic carbocycles. The summed E-state index contributed by atoms with van der Waals surface area (Å²) in [5.41, 5.74) is -0.809. The summed E-state index contributed by atoms with van der Waals surface area (Å²) in [6.45, 7) is 5.66. The first-order valence-corrected chi connectivity index (χ1v) is 3.70. The van der Waals surface area contributed by atoms with Crippen LogP contribution in [0.15, 0.2) is 0 Å².